The van der Waals surface area contributed by atoms with Crippen LogP contribution in [0.15, 0.2) is 48.5 Å². The van der Waals surface area contributed by atoms with Gasteiger partial charge in [-0.2, -0.15) is 0 Å². The second kappa shape index (κ2) is 11.7. The zero-order valence-corrected chi connectivity index (χ0v) is 20.5. The maximum atomic E-state index is 12.8. The summed E-state index contributed by atoms with van der Waals surface area (Å²) in [6.07, 6.45) is 3.69. The van der Waals surface area contributed by atoms with Gasteiger partial charge in [-0.05, 0) is 62.8 Å². The van der Waals surface area contributed by atoms with Crippen LogP contribution in [0.3, 0.4) is 0 Å². The second-order valence-corrected chi connectivity index (χ2v) is 8.60. The summed E-state index contributed by atoms with van der Waals surface area (Å²) in [5.74, 6) is 2.21. The lowest BCUT2D eigenvalue weighted by Gasteiger charge is -2.29. The van der Waals surface area contributed by atoms with Gasteiger partial charge in [-0.3, -0.25) is 9.59 Å². The summed E-state index contributed by atoms with van der Waals surface area (Å²) in [6, 6.07) is 15.1. The molecule has 0 bridgehead atoms. The molecule has 0 atom stereocenters. The predicted molar refractivity (Wildman–Crippen MR) is 139 cm³/mol. The smallest absolute Gasteiger partial charge is 0.225 e. The van der Waals surface area contributed by atoms with Crippen molar-refractivity contribution >= 4 is 34.1 Å². The van der Waals surface area contributed by atoms with Gasteiger partial charge >= 0.3 is 0 Å². The van der Waals surface area contributed by atoms with Gasteiger partial charge < -0.3 is 19.7 Å². The molecular weight excluding hydrogens is 442 g/mol. The zero-order valence-electron chi connectivity index (χ0n) is 20.5. The van der Waals surface area contributed by atoms with Crippen LogP contribution >= 0.6 is 0 Å². The van der Waals surface area contributed by atoms with E-state index < -0.39 is 0 Å². The van der Waals surface area contributed by atoms with E-state index in [4.69, 9.17) is 14.5 Å². The Labute approximate surface area is 206 Å². The minimum Gasteiger partial charge on any atom is -0.490 e. The lowest BCUT2D eigenvalue weighted by molar-refractivity contribution is -0.116. The van der Waals surface area contributed by atoms with Crippen molar-refractivity contribution in [3.63, 3.8) is 0 Å². The topological polar surface area (TPSA) is 80.8 Å². The molecule has 184 valence electrons. The molecule has 0 spiro atoms. The van der Waals surface area contributed by atoms with Crippen LogP contribution in [0, 0.1) is 0 Å². The number of amides is 1. The van der Waals surface area contributed by atoms with E-state index in [2.05, 4.69) is 16.3 Å². The minimum atomic E-state index is -0.235. The molecule has 1 N–H and O–H groups in total. The fourth-order valence-electron chi connectivity index (χ4n) is 4.39. The van der Waals surface area contributed by atoms with Crippen LogP contribution in [0.2, 0.25) is 0 Å². The number of Topliss-reactive ketones (excluding diaryl/α,β-unsaturated/α-hetero) is 1. The van der Waals surface area contributed by atoms with Crippen LogP contribution < -0.4 is 19.7 Å². The van der Waals surface area contributed by atoms with Gasteiger partial charge in [0.2, 0.25) is 5.91 Å². The van der Waals surface area contributed by atoms with E-state index in [1.807, 2.05) is 38.1 Å². The summed E-state index contributed by atoms with van der Waals surface area (Å²) in [4.78, 5) is 32.6. The molecule has 2 heterocycles. The van der Waals surface area contributed by atoms with Crippen LogP contribution in [0.1, 0.15) is 56.3 Å². The predicted octanol–water partition coefficient (Wildman–Crippen LogP) is 5.62. The summed E-state index contributed by atoms with van der Waals surface area (Å²) in [7, 11) is 0. The van der Waals surface area contributed by atoms with Gasteiger partial charge in [0.1, 0.15) is 11.6 Å². The molecular formula is C28H33N3O4. The highest BCUT2D eigenvalue weighted by Crippen LogP contribution is 2.31. The van der Waals surface area contributed by atoms with Crippen molar-refractivity contribution in [1.82, 2.24) is 4.98 Å². The number of nitrogens with zero attached hydrogens (tertiary/aromatic N) is 2. The summed E-state index contributed by atoms with van der Waals surface area (Å²) < 4.78 is 11.2. The molecule has 7 heteroatoms. The number of benzene rings is 2. The Kier molecular flexibility index (Phi) is 8.19. The van der Waals surface area contributed by atoms with Gasteiger partial charge in [-0.15, -0.1) is 0 Å². The van der Waals surface area contributed by atoms with Gasteiger partial charge in [0.25, 0.3) is 0 Å². The molecule has 3 aromatic rings. The van der Waals surface area contributed by atoms with E-state index in [0.717, 1.165) is 42.5 Å². The number of aromatic nitrogens is 1. The number of carbonyl (C=O) groups is 2. The summed E-state index contributed by atoms with van der Waals surface area (Å²) in [6.45, 7) is 6.69. The average molecular weight is 476 g/mol. The maximum Gasteiger partial charge on any atom is 0.225 e. The number of ether oxygens (including phenoxy) is 2. The number of anilines is 2. The Morgan fingerprint density at radius 3 is 2.43 bits per heavy atom. The Balaban J connectivity index is 1.43. The first-order valence-electron chi connectivity index (χ1n) is 12.5. The van der Waals surface area contributed by atoms with Crippen molar-refractivity contribution in [2.45, 2.75) is 46.0 Å². The van der Waals surface area contributed by atoms with Gasteiger partial charge in [-0.1, -0.05) is 24.3 Å². The van der Waals surface area contributed by atoms with Crippen LogP contribution in [0.4, 0.5) is 11.6 Å². The van der Waals surface area contributed by atoms with E-state index in [9.17, 15) is 9.59 Å². The number of ketones is 1. The SMILES string of the molecule is CCOc1ccc(C(=O)CCC(=O)Nc2cc3ccccc3c(N3CCCCC3)n2)cc1OCC. The number of rotatable bonds is 10. The van der Waals surface area contributed by atoms with Crippen LogP contribution in [0.5, 0.6) is 11.5 Å². The molecule has 0 unspecified atom stereocenters. The molecule has 2 aromatic carbocycles. The molecule has 7 nitrogen and oxygen atoms in total. The molecule has 1 aliphatic heterocycles. The van der Waals surface area contributed by atoms with Crippen LogP contribution in [0.25, 0.3) is 10.8 Å². The molecule has 1 aliphatic rings. The van der Waals surface area contributed by atoms with Gasteiger partial charge in [0, 0.05) is 36.9 Å². The molecule has 1 aromatic heterocycles. The standard InChI is InChI=1S/C28H33N3O4/c1-3-34-24-14-12-21(18-25(24)35-4-2)23(32)13-15-27(33)29-26-19-20-10-6-7-11-22(20)28(30-26)31-16-8-5-9-17-31/h6-7,10-12,14,18-19H,3-5,8-9,13,15-17H2,1-2H3,(H,29,30,33). The Morgan fingerprint density at radius 2 is 1.66 bits per heavy atom. The quantitative estimate of drug-likeness (QED) is 0.383. The summed E-state index contributed by atoms with van der Waals surface area (Å²) in [5.41, 5.74) is 0.501. The third-order valence-electron chi connectivity index (χ3n) is 6.09. The van der Waals surface area contributed by atoms with Crippen molar-refractivity contribution in [1.29, 1.82) is 0 Å². The molecule has 0 saturated carbocycles. The number of carbonyl (C=O) groups excluding carboxylic acids is 2. The highest BCUT2D eigenvalue weighted by atomic mass is 16.5. The van der Waals surface area contributed by atoms with Crippen molar-refractivity contribution in [2.75, 3.05) is 36.5 Å². The fourth-order valence-corrected chi connectivity index (χ4v) is 4.39. The van der Waals surface area contributed by atoms with Crippen molar-refractivity contribution < 1.29 is 19.1 Å². The largest absolute Gasteiger partial charge is 0.490 e. The van der Waals surface area contributed by atoms with Crippen molar-refractivity contribution in [2.24, 2.45) is 0 Å². The molecule has 1 fully saturated rings. The summed E-state index contributed by atoms with van der Waals surface area (Å²) >= 11 is 0. The number of pyridine rings is 1. The lowest BCUT2D eigenvalue weighted by atomic mass is 10.1. The first kappa shape index (κ1) is 24.5. The van der Waals surface area contributed by atoms with E-state index in [-0.39, 0.29) is 24.5 Å². The van der Waals surface area contributed by atoms with Crippen LogP contribution in [-0.2, 0) is 4.79 Å². The van der Waals surface area contributed by atoms with E-state index in [1.165, 1.54) is 6.42 Å². The van der Waals surface area contributed by atoms with Gasteiger partial charge in [0.05, 0.1) is 13.2 Å². The van der Waals surface area contributed by atoms with Gasteiger partial charge in [-0.25, -0.2) is 4.98 Å². The zero-order chi connectivity index (χ0) is 24.6. The molecule has 1 saturated heterocycles. The second-order valence-electron chi connectivity index (χ2n) is 8.60. The Hall–Kier alpha value is -3.61. The third kappa shape index (κ3) is 6.10. The lowest BCUT2D eigenvalue weighted by Crippen LogP contribution is -2.30. The van der Waals surface area contributed by atoms with Crippen LogP contribution in [-0.4, -0.2) is 43.0 Å². The Morgan fingerprint density at radius 1 is 0.914 bits per heavy atom. The molecule has 0 aliphatic carbocycles. The normalized spacial score (nSPS) is 13.5. The number of piperidine rings is 1. The molecule has 1 amide bonds. The summed E-state index contributed by atoms with van der Waals surface area (Å²) in [5, 5.41) is 5.03. The average Bonchev–Trinajstić information content (AvgIpc) is 2.88. The number of hydrogen-bond donors (Lipinski definition) is 1. The molecule has 4 rings (SSSR count). The van der Waals surface area contributed by atoms with E-state index >= 15 is 0 Å². The van der Waals surface area contributed by atoms with Crippen molar-refractivity contribution in [3.8, 4) is 11.5 Å². The van der Waals surface area contributed by atoms with E-state index in [0.29, 0.717) is 36.1 Å². The number of hydrogen-bond acceptors (Lipinski definition) is 6. The van der Waals surface area contributed by atoms with E-state index in [1.54, 1.807) is 18.2 Å². The third-order valence-corrected chi connectivity index (χ3v) is 6.09. The Bertz CT molecular complexity index is 1190. The maximum absolute atomic E-state index is 12.8. The minimum absolute atomic E-state index is 0.0730. The fraction of sp³-hybridized carbons (Fsp3) is 0.393. The van der Waals surface area contributed by atoms with Crippen molar-refractivity contribution in [3.05, 3.63) is 54.1 Å². The highest BCUT2D eigenvalue weighted by Gasteiger charge is 2.18. The number of fused-ring (bicyclic) bond motifs is 1. The first-order valence-corrected chi connectivity index (χ1v) is 12.5. The molecule has 0 radical (unpaired) electrons. The first-order chi connectivity index (χ1) is 17.1. The number of nitrogens with one attached hydrogen (secondary N) is 1. The molecule has 35 heavy (non-hydrogen) atoms. The van der Waals surface area contributed by atoms with Gasteiger partial charge in [0.15, 0.2) is 17.3 Å². The highest BCUT2D eigenvalue weighted by molar-refractivity contribution is 6.01. The monoisotopic (exact) mass is 475 g/mol.